The minimum Gasteiger partial charge on any atom is -0.325 e. The molecule has 1 aromatic carbocycles. The Bertz CT molecular complexity index is 600. The number of halogens is 4. The van der Waals surface area contributed by atoms with Gasteiger partial charge in [0.15, 0.2) is 5.41 Å². The summed E-state index contributed by atoms with van der Waals surface area (Å²) in [6, 6.07) is 4.59. The fourth-order valence-corrected chi connectivity index (χ4v) is 2.20. The summed E-state index contributed by atoms with van der Waals surface area (Å²) in [5.41, 5.74) is -2.90. The van der Waals surface area contributed by atoms with Crippen LogP contribution in [0.5, 0.6) is 0 Å². The first-order chi connectivity index (χ1) is 9.80. The molecule has 1 aliphatic heterocycles. The Morgan fingerprint density at radius 1 is 1.43 bits per heavy atom. The van der Waals surface area contributed by atoms with Gasteiger partial charge in [-0.05, 0) is 31.2 Å². The Morgan fingerprint density at radius 3 is 2.67 bits per heavy atom. The van der Waals surface area contributed by atoms with Crippen LogP contribution in [0, 0.1) is 22.6 Å². The number of nitrogens with one attached hydrogen (secondary N) is 2. The molecule has 0 bridgehead atoms. The fourth-order valence-electron chi connectivity index (χ4n) is 2.20. The number of alkyl halides is 3. The highest BCUT2D eigenvalue weighted by molar-refractivity contribution is 5.96. The third-order valence-corrected chi connectivity index (χ3v) is 3.48. The van der Waals surface area contributed by atoms with E-state index < -0.39 is 29.9 Å². The lowest BCUT2D eigenvalue weighted by molar-refractivity contribution is -0.213. The summed E-state index contributed by atoms with van der Waals surface area (Å²) in [4.78, 5) is 12.0. The number of nitriles is 1. The molecular formula is C13H11F4N3O. The monoisotopic (exact) mass is 301 g/mol. The van der Waals surface area contributed by atoms with Crippen LogP contribution in [0.4, 0.5) is 23.2 Å². The van der Waals surface area contributed by atoms with Gasteiger partial charge in [0.2, 0.25) is 5.91 Å². The Hall–Kier alpha value is -2.14. The number of anilines is 1. The van der Waals surface area contributed by atoms with E-state index in [0.717, 1.165) is 18.2 Å². The lowest BCUT2D eigenvalue weighted by atomic mass is 9.85. The van der Waals surface area contributed by atoms with Crippen LogP contribution in [0.15, 0.2) is 18.2 Å². The molecule has 4 nitrogen and oxygen atoms in total. The van der Waals surface area contributed by atoms with Crippen LogP contribution in [-0.4, -0.2) is 25.2 Å². The van der Waals surface area contributed by atoms with Crippen LogP contribution < -0.4 is 10.6 Å². The highest BCUT2D eigenvalue weighted by Crippen LogP contribution is 2.43. The molecular weight excluding hydrogens is 290 g/mol. The van der Waals surface area contributed by atoms with Gasteiger partial charge < -0.3 is 10.6 Å². The van der Waals surface area contributed by atoms with Gasteiger partial charge >= 0.3 is 6.18 Å². The standard InChI is InChI=1S/C13H11F4N3O/c14-10-2-1-9(5-8(10)6-18)20-11(21)12(13(15,16)17)3-4-19-7-12/h1-2,5,19H,3-4,7H2,(H,20,21). The summed E-state index contributed by atoms with van der Waals surface area (Å²) in [6.07, 6.45) is -5.06. The lowest BCUT2D eigenvalue weighted by Gasteiger charge is -2.29. The minimum absolute atomic E-state index is 0.0477. The van der Waals surface area contributed by atoms with E-state index >= 15 is 0 Å². The zero-order valence-corrected chi connectivity index (χ0v) is 10.7. The van der Waals surface area contributed by atoms with Crippen molar-refractivity contribution in [1.82, 2.24) is 5.32 Å². The van der Waals surface area contributed by atoms with Gasteiger partial charge in [-0.25, -0.2) is 4.39 Å². The van der Waals surface area contributed by atoms with E-state index in [0.29, 0.717) is 0 Å². The van der Waals surface area contributed by atoms with E-state index in [1.165, 1.54) is 0 Å². The van der Waals surface area contributed by atoms with Crippen molar-refractivity contribution in [2.45, 2.75) is 12.6 Å². The van der Waals surface area contributed by atoms with Gasteiger partial charge in [-0.1, -0.05) is 0 Å². The summed E-state index contributed by atoms with van der Waals surface area (Å²) in [7, 11) is 0. The van der Waals surface area contributed by atoms with Crippen LogP contribution in [0.25, 0.3) is 0 Å². The number of carbonyl (C=O) groups is 1. The smallest absolute Gasteiger partial charge is 0.325 e. The second-order valence-electron chi connectivity index (χ2n) is 4.77. The zero-order valence-electron chi connectivity index (χ0n) is 10.7. The van der Waals surface area contributed by atoms with E-state index in [2.05, 4.69) is 10.6 Å². The second kappa shape index (κ2) is 5.33. The normalized spacial score (nSPS) is 21.9. The van der Waals surface area contributed by atoms with Crippen molar-refractivity contribution in [3.8, 4) is 6.07 Å². The fraction of sp³-hybridized carbons (Fsp3) is 0.385. The highest BCUT2D eigenvalue weighted by atomic mass is 19.4. The maximum atomic E-state index is 13.2. The molecule has 21 heavy (non-hydrogen) atoms. The van der Waals surface area contributed by atoms with E-state index in [1.807, 2.05) is 0 Å². The maximum Gasteiger partial charge on any atom is 0.404 e. The molecule has 0 radical (unpaired) electrons. The summed E-state index contributed by atoms with van der Waals surface area (Å²) < 4.78 is 52.6. The van der Waals surface area contributed by atoms with Crippen molar-refractivity contribution >= 4 is 11.6 Å². The van der Waals surface area contributed by atoms with Crippen molar-refractivity contribution in [3.05, 3.63) is 29.6 Å². The number of amides is 1. The number of hydrogen-bond donors (Lipinski definition) is 2. The first-order valence-corrected chi connectivity index (χ1v) is 6.09. The molecule has 8 heteroatoms. The van der Waals surface area contributed by atoms with Crippen LogP contribution in [0.1, 0.15) is 12.0 Å². The van der Waals surface area contributed by atoms with Crippen molar-refractivity contribution in [2.24, 2.45) is 5.41 Å². The van der Waals surface area contributed by atoms with Gasteiger partial charge in [0.1, 0.15) is 11.9 Å². The maximum absolute atomic E-state index is 13.2. The Kier molecular flexibility index (Phi) is 3.87. The molecule has 1 aliphatic rings. The van der Waals surface area contributed by atoms with Gasteiger partial charge in [0, 0.05) is 12.2 Å². The van der Waals surface area contributed by atoms with Crippen LogP contribution in [0.2, 0.25) is 0 Å². The average molecular weight is 301 g/mol. The van der Waals surface area contributed by atoms with E-state index in [1.54, 1.807) is 6.07 Å². The molecule has 1 saturated heterocycles. The highest BCUT2D eigenvalue weighted by Gasteiger charge is 2.61. The van der Waals surface area contributed by atoms with Gasteiger partial charge in [0.05, 0.1) is 5.56 Å². The molecule has 1 unspecified atom stereocenters. The van der Waals surface area contributed by atoms with Gasteiger partial charge in [0.25, 0.3) is 0 Å². The molecule has 1 heterocycles. The molecule has 1 fully saturated rings. The van der Waals surface area contributed by atoms with Crippen molar-refractivity contribution < 1.29 is 22.4 Å². The second-order valence-corrected chi connectivity index (χ2v) is 4.77. The predicted molar refractivity (Wildman–Crippen MR) is 65.7 cm³/mol. The van der Waals surface area contributed by atoms with Crippen molar-refractivity contribution in [2.75, 3.05) is 18.4 Å². The topological polar surface area (TPSA) is 64.9 Å². The van der Waals surface area contributed by atoms with Crippen molar-refractivity contribution in [1.29, 1.82) is 5.26 Å². The van der Waals surface area contributed by atoms with Crippen LogP contribution >= 0.6 is 0 Å². The molecule has 0 aromatic heterocycles. The van der Waals surface area contributed by atoms with Gasteiger partial charge in [-0.3, -0.25) is 4.79 Å². The van der Waals surface area contributed by atoms with E-state index in [9.17, 15) is 22.4 Å². The Labute approximate surface area is 117 Å². The summed E-state index contributed by atoms with van der Waals surface area (Å²) >= 11 is 0. The number of benzene rings is 1. The molecule has 1 atom stereocenters. The number of rotatable bonds is 2. The predicted octanol–water partition coefficient (Wildman–Crippen LogP) is 2.18. The molecule has 0 saturated carbocycles. The first-order valence-electron chi connectivity index (χ1n) is 6.09. The Morgan fingerprint density at radius 2 is 2.14 bits per heavy atom. The largest absolute Gasteiger partial charge is 0.404 e. The molecule has 2 N–H and O–H groups in total. The number of hydrogen-bond acceptors (Lipinski definition) is 3. The first kappa shape index (κ1) is 15.3. The van der Waals surface area contributed by atoms with E-state index in [4.69, 9.17) is 5.26 Å². The molecule has 1 amide bonds. The molecule has 112 valence electrons. The zero-order chi connectivity index (χ0) is 15.7. The Balaban J connectivity index is 2.27. The summed E-state index contributed by atoms with van der Waals surface area (Å²) in [5.74, 6) is -2.01. The SMILES string of the molecule is N#Cc1cc(NC(=O)C2(C(F)(F)F)CCNC2)ccc1F. The summed E-state index contributed by atoms with van der Waals surface area (Å²) in [5, 5.41) is 13.3. The van der Waals surface area contributed by atoms with Crippen molar-refractivity contribution in [3.63, 3.8) is 0 Å². The number of carbonyl (C=O) groups excluding carboxylic acids is 1. The molecule has 2 rings (SSSR count). The summed E-state index contributed by atoms with van der Waals surface area (Å²) in [6.45, 7) is -0.422. The number of nitrogens with zero attached hydrogens (tertiary/aromatic N) is 1. The van der Waals surface area contributed by atoms with E-state index in [-0.39, 0.29) is 24.2 Å². The van der Waals surface area contributed by atoms with Gasteiger partial charge in [-0.15, -0.1) is 0 Å². The average Bonchev–Trinajstić information content (AvgIpc) is 2.91. The van der Waals surface area contributed by atoms with Gasteiger partial charge in [-0.2, -0.15) is 18.4 Å². The molecule has 0 spiro atoms. The molecule has 0 aliphatic carbocycles. The third kappa shape index (κ3) is 2.69. The lowest BCUT2D eigenvalue weighted by Crippen LogP contribution is -2.49. The van der Waals surface area contributed by atoms with Crippen LogP contribution in [-0.2, 0) is 4.79 Å². The van der Waals surface area contributed by atoms with Crippen LogP contribution in [0.3, 0.4) is 0 Å². The molecule has 1 aromatic rings. The quantitative estimate of drug-likeness (QED) is 0.823. The minimum atomic E-state index is -4.70. The third-order valence-electron chi connectivity index (χ3n) is 3.48.